The normalized spacial score (nSPS) is 10.8. The van der Waals surface area contributed by atoms with Crippen LogP contribution in [0.15, 0.2) is 35.1 Å². The van der Waals surface area contributed by atoms with Crippen LogP contribution in [-0.4, -0.2) is 22.2 Å². The van der Waals surface area contributed by atoms with Gasteiger partial charge in [-0.15, -0.1) is 0 Å². The first kappa shape index (κ1) is 15.9. The van der Waals surface area contributed by atoms with Crippen LogP contribution in [0.2, 0.25) is 0 Å². The van der Waals surface area contributed by atoms with Crippen LogP contribution in [0.4, 0.5) is 4.39 Å². The van der Waals surface area contributed by atoms with Crippen molar-refractivity contribution in [2.75, 3.05) is 6.54 Å². The molecule has 0 aliphatic carbocycles. The van der Waals surface area contributed by atoms with Crippen molar-refractivity contribution in [1.82, 2.24) is 15.1 Å². The average molecular weight is 303 g/mol. The molecule has 0 aliphatic heterocycles. The summed E-state index contributed by atoms with van der Waals surface area (Å²) in [6.07, 6.45) is 0. The summed E-state index contributed by atoms with van der Waals surface area (Å²) in [6, 6.07) is 7.34. The van der Waals surface area contributed by atoms with E-state index in [0.29, 0.717) is 12.2 Å². The van der Waals surface area contributed by atoms with Crippen molar-refractivity contribution < 1.29 is 9.18 Å². The Hall–Kier alpha value is -2.50. The molecule has 22 heavy (non-hydrogen) atoms. The Balaban J connectivity index is 2.46. The second kappa shape index (κ2) is 6.51. The average Bonchev–Trinajstić information content (AvgIpc) is 2.46. The number of benzene rings is 1. The summed E-state index contributed by atoms with van der Waals surface area (Å²) in [5.74, 6) is -0.776. The molecule has 1 heterocycles. The molecule has 0 unspecified atom stereocenters. The molecule has 1 N–H and O–H groups in total. The van der Waals surface area contributed by atoms with Crippen molar-refractivity contribution in [3.63, 3.8) is 0 Å². The first-order valence-corrected chi connectivity index (χ1v) is 7.04. The molecule has 0 aliphatic rings. The number of aromatic nitrogens is 2. The van der Waals surface area contributed by atoms with E-state index in [9.17, 15) is 14.0 Å². The van der Waals surface area contributed by atoms with Crippen molar-refractivity contribution >= 4 is 5.91 Å². The number of nitrogens with zero attached hydrogens (tertiary/aromatic N) is 2. The third kappa shape index (κ3) is 3.39. The monoisotopic (exact) mass is 303 g/mol. The maximum atomic E-state index is 13.9. The van der Waals surface area contributed by atoms with Gasteiger partial charge in [-0.1, -0.05) is 26.0 Å². The van der Waals surface area contributed by atoms with Crippen LogP contribution in [0, 0.1) is 18.7 Å². The zero-order valence-corrected chi connectivity index (χ0v) is 12.8. The van der Waals surface area contributed by atoms with E-state index < -0.39 is 17.2 Å². The van der Waals surface area contributed by atoms with Crippen molar-refractivity contribution in [2.24, 2.45) is 5.92 Å². The van der Waals surface area contributed by atoms with Crippen molar-refractivity contribution in [2.45, 2.75) is 20.8 Å². The number of carbonyl (C=O) groups is 1. The van der Waals surface area contributed by atoms with E-state index in [1.165, 1.54) is 22.9 Å². The van der Waals surface area contributed by atoms with Crippen LogP contribution in [0.1, 0.15) is 30.0 Å². The zero-order chi connectivity index (χ0) is 16.3. The molecule has 5 nitrogen and oxygen atoms in total. The lowest BCUT2D eigenvalue weighted by atomic mass is 10.2. The second-order valence-electron chi connectivity index (χ2n) is 5.47. The van der Waals surface area contributed by atoms with Gasteiger partial charge in [0.1, 0.15) is 11.5 Å². The summed E-state index contributed by atoms with van der Waals surface area (Å²) < 4.78 is 15.2. The van der Waals surface area contributed by atoms with Gasteiger partial charge in [0.2, 0.25) is 5.43 Å². The van der Waals surface area contributed by atoms with Crippen LogP contribution in [0.25, 0.3) is 5.69 Å². The molecule has 0 saturated heterocycles. The lowest BCUT2D eigenvalue weighted by Crippen LogP contribution is -2.34. The summed E-state index contributed by atoms with van der Waals surface area (Å²) in [6.45, 7) is 5.96. The topological polar surface area (TPSA) is 64.0 Å². The largest absolute Gasteiger partial charge is 0.350 e. The summed E-state index contributed by atoms with van der Waals surface area (Å²) in [7, 11) is 0. The predicted molar refractivity (Wildman–Crippen MR) is 81.7 cm³/mol. The minimum Gasteiger partial charge on any atom is -0.350 e. The Bertz CT molecular complexity index is 753. The van der Waals surface area contributed by atoms with Gasteiger partial charge in [-0.3, -0.25) is 9.59 Å². The molecule has 0 atom stereocenters. The van der Waals surface area contributed by atoms with E-state index in [1.807, 2.05) is 13.8 Å². The smallest absolute Gasteiger partial charge is 0.275 e. The Morgan fingerprint density at radius 2 is 2.05 bits per heavy atom. The molecule has 0 spiro atoms. The number of hydrogen-bond acceptors (Lipinski definition) is 3. The van der Waals surface area contributed by atoms with Crippen LogP contribution < -0.4 is 10.7 Å². The number of amides is 1. The van der Waals surface area contributed by atoms with E-state index in [2.05, 4.69) is 10.4 Å². The van der Waals surface area contributed by atoms with Crippen LogP contribution in [-0.2, 0) is 0 Å². The van der Waals surface area contributed by atoms with Crippen LogP contribution in [0.5, 0.6) is 0 Å². The van der Waals surface area contributed by atoms with Crippen molar-refractivity contribution in [1.29, 1.82) is 0 Å². The number of nitrogens with one attached hydrogen (secondary N) is 1. The standard InChI is InChI=1S/C16H18FN3O2/c1-10(2)9-18-16(22)15-14(21)8-11(3)20(19-15)13-7-5-4-6-12(13)17/h4-8,10H,9H2,1-3H3,(H,18,22). The summed E-state index contributed by atoms with van der Waals surface area (Å²) >= 11 is 0. The molecular weight excluding hydrogens is 285 g/mol. The van der Waals surface area contributed by atoms with Crippen molar-refractivity contribution in [3.8, 4) is 5.69 Å². The van der Waals surface area contributed by atoms with E-state index in [0.717, 1.165) is 0 Å². The first-order valence-electron chi connectivity index (χ1n) is 7.04. The maximum Gasteiger partial charge on any atom is 0.275 e. The molecule has 1 aromatic heterocycles. The fourth-order valence-electron chi connectivity index (χ4n) is 1.95. The quantitative estimate of drug-likeness (QED) is 0.940. The summed E-state index contributed by atoms with van der Waals surface area (Å²) in [5.41, 5.74) is -0.0748. The van der Waals surface area contributed by atoms with Gasteiger partial charge in [0.15, 0.2) is 5.69 Å². The molecule has 0 saturated carbocycles. The molecule has 6 heteroatoms. The van der Waals surface area contributed by atoms with Gasteiger partial charge in [0, 0.05) is 18.3 Å². The Labute approximate surface area is 127 Å². The molecule has 1 aromatic carbocycles. The highest BCUT2D eigenvalue weighted by atomic mass is 19.1. The number of halogens is 1. The third-order valence-electron chi connectivity index (χ3n) is 3.07. The maximum absolute atomic E-state index is 13.9. The lowest BCUT2D eigenvalue weighted by molar-refractivity contribution is 0.0941. The Morgan fingerprint density at radius 3 is 2.68 bits per heavy atom. The number of rotatable bonds is 4. The molecule has 0 bridgehead atoms. The fourth-order valence-corrected chi connectivity index (χ4v) is 1.95. The van der Waals surface area contributed by atoms with Crippen molar-refractivity contribution in [3.05, 3.63) is 57.8 Å². The van der Waals surface area contributed by atoms with Gasteiger partial charge in [-0.2, -0.15) is 5.10 Å². The minimum atomic E-state index is -0.552. The van der Waals surface area contributed by atoms with E-state index >= 15 is 0 Å². The minimum absolute atomic E-state index is 0.193. The molecular formula is C16H18FN3O2. The SMILES string of the molecule is Cc1cc(=O)c(C(=O)NCC(C)C)nn1-c1ccccc1F. The molecule has 0 fully saturated rings. The molecule has 116 valence electrons. The summed E-state index contributed by atoms with van der Waals surface area (Å²) in [4.78, 5) is 24.0. The Morgan fingerprint density at radius 1 is 1.36 bits per heavy atom. The van der Waals surface area contributed by atoms with Crippen LogP contribution in [0.3, 0.4) is 0 Å². The first-order chi connectivity index (χ1) is 10.4. The lowest BCUT2D eigenvalue weighted by Gasteiger charge is -2.12. The van der Waals surface area contributed by atoms with E-state index in [1.54, 1.807) is 19.1 Å². The van der Waals surface area contributed by atoms with Gasteiger partial charge in [0.25, 0.3) is 5.91 Å². The van der Waals surface area contributed by atoms with E-state index in [4.69, 9.17) is 0 Å². The third-order valence-corrected chi connectivity index (χ3v) is 3.07. The van der Waals surface area contributed by atoms with Gasteiger partial charge < -0.3 is 5.32 Å². The number of para-hydroxylation sites is 1. The molecule has 0 radical (unpaired) electrons. The Kier molecular flexibility index (Phi) is 4.70. The summed E-state index contributed by atoms with van der Waals surface area (Å²) in [5, 5.41) is 6.68. The highest BCUT2D eigenvalue weighted by Crippen LogP contribution is 2.13. The van der Waals surface area contributed by atoms with Gasteiger partial charge in [0.05, 0.1) is 0 Å². The fraction of sp³-hybridized carbons (Fsp3) is 0.312. The van der Waals surface area contributed by atoms with Crippen LogP contribution >= 0.6 is 0 Å². The predicted octanol–water partition coefficient (Wildman–Crippen LogP) is 2.07. The van der Waals surface area contributed by atoms with Gasteiger partial charge >= 0.3 is 0 Å². The highest BCUT2D eigenvalue weighted by molar-refractivity contribution is 5.92. The van der Waals surface area contributed by atoms with Gasteiger partial charge in [-0.25, -0.2) is 9.07 Å². The number of carbonyl (C=O) groups excluding carboxylic acids is 1. The van der Waals surface area contributed by atoms with E-state index in [-0.39, 0.29) is 17.3 Å². The number of aryl methyl sites for hydroxylation is 1. The zero-order valence-electron chi connectivity index (χ0n) is 12.8. The highest BCUT2D eigenvalue weighted by Gasteiger charge is 2.16. The van der Waals surface area contributed by atoms with Gasteiger partial charge in [-0.05, 0) is 25.0 Å². The molecule has 2 aromatic rings. The molecule has 1 amide bonds. The number of hydrogen-bond donors (Lipinski definition) is 1. The molecule has 2 rings (SSSR count). The second-order valence-corrected chi connectivity index (χ2v) is 5.47.